The highest BCUT2D eigenvalue weighted by molar-refractivity contribution is 6.36. The van der Waals surface area contributed by atoms with E-state index in [0.717, 1.165) is 24.2 Å². The van der Waals surface area contributed by atoms with Gasteiger partial charge in [-0.1, -0.05) is 43.0 Å². The molecule has 10 heteroatoms. The highest BCUT2D eigenvalue weighted by Crippen LogP contribution is 2.38. The fourth-order valence-electron chi connectivity index (χ4n) is 3.88. The second-order valence-electron chi connectivity index (χ2n) is 7.69. The van der Waals surface area contributed by atoms with Gasteiger partial charge in [-0.3, -0.25) is 19.3 Å². The highest BCUT2D eigenvalue weighted by atomic mass is 35.5. The molecule has 0 bridgehead atoms. The molecule has 4 amide bonds. The normalized spacial score (nSPS) is 24.5. The molecule has 1 heterocycles. The van der Waals surface area contributed by atoms with E-state index >= 15 is 0 Å². The summed E-state index contributed by atoms with van der Waals surface area (Å²) >= 11 is 11.8. The van der Waals surface area contributed by atoms with Gasteiger partial charge in [0.25, 0.3) is 11.8 Å². The zero-order valence-electron chi connectivity index (χ0n) is 16.7. The van der Waals surface area contributed by atoms with E-state index in [1.807, 2.05) is 6.92 Å². The molecule has 2 N–H and O–H groups in total. The number of hydrogen-bond acceptors (Lipinski definition) is 5. The fraction of sp³-hybridized carbons (Fsp3) is 0.500. The molecule has 1 saturated heterocycles. The third-order valence-corrected chi connectivity index (χ3v) is 6.20. The number of amides is 4. The monoisotopic (exact) mass is 455 g/mol. The summed E-state index contributed by atoms with van der Waals surface area (Å²) < 4.78 is 5.12. The van der Waals surface area contributed by atoms with Crippen molar-refractivity contribution in [1.82, 2.24) is 10.2 Å². The number of imide groups is 1. The van der Waals surface area contributed by atoms with E-state index in [1.165, 1.54) is 19.1 Å². The smallest absolute Gasteiger partial charge is 0.327 e. The Kier molecular flexibility index (Phi) is 6.57. The molecular formula is C20H23Cl2N3O5. The average Bonchev–Trinajstić information content (AvgIpc) is 2.91. The van der Waals surface area contributed by atoms with Crippen molar-refractivity contribution in [2.75, 3.05) is 11.9 Å². The molecule has 0 radical (unpaired) electrons. The SMILES string of the molecule is C[C@H](OC(=O)CN1C(=O)N[C@]2(CCCC[C@H]2C)C1=O)C(=O)Nc1ccc(Cl)cc1Cl. The van der Waals surface area contributed by atoms with Gasteiger partial charge in [0.05, 0.1) is 10.7 Å². The van der Waals surface area contributed by atoms with E-state index in [0.29, 0.717) is 17.1 Å². The third kappa shape index (κ3) is 4.39. The van der Waals surface area contributed by atoms with Gasteiger partial charge < -0.3 is 15.4 Å². The number of urea groups is 1. The van der Waals surface area contributed by atoms with Crippen LogP contribution < -0.4 is 10.6 Å². The summed E-state index contributed by atoms with van der Waals surface area (Å²) in [5, 5.41) is 5.96. The van der Waals surface area contributed by atoms with Crippen LogP contribution in [-0.4, -0.2) is 46.9 Å². The number of nitrogens with one attached hydrogen (secondary N) is 2. The number of carbonyl (C=O) groups is 4. The minimum absolute atomic E-state index is 0.0162. The number of rotatable bonds is 5. The van der Waals surface area contributed by atoms with Crippen molar-refractivity contribution in [3.8, 4) is 0 Å². The molecule has 1 aliphatic heterocycles. The molecule has 1 aromatic carbocycles. The summed E-state index contributed by atoms with van der Waals surface area (Å²) in [6, 6.07) is 3.93. The van der Waals surface area contributed by atoms with Crippen molar-refractivity contribution in [2.24, 2.45) is 5.92 Å². The molecule has 1 spiro atoms. The largest absolute Gasteiger partial charge is 0.451 e. The third-order valence-electron chi connectivity index (χ3n) is 5.66. The molecule has 1 aromatic rings. The zero-order valence-corrected chi connectivity index (χ0v) is 18.2. The van der Waals surface area contributed by atoms with Gasteiger partial charge in [-0.05, 0) is 43.9 Å². The van der Waals surface area contributed by atoms with E-state index in [-0.39, 0.29) is 10.9 Å². The van der Waals surface area contributed by atoms with Crippen LogP contribution in [0.5, 0.6) is 0 Å². The minimum Gasteiger partial charge on any atom is -0.451 e. The van der Waals surface area contributed by atoms with Gasteiger partial charge in [0, 0.05) is 5.02 Å². The first-order valence-electron chi connectivity index (χ1n) is 9.73. The van der Waals surface area contributed by atoms with Gasteiger partial charge >= 0.3 is 12.0 Å². The number of benzene rings is 1. The number of hydrogen-bond donors (Lipinski definition) is 2. The fourth-order valence-corrected chi connectivity index (χ4v) is 4.34. The van der Waals surface area contributed by atoms with Gasteiger partial charge in [-0.15, -0.1) is 0 Å². The predicted octanol–water partition coefficient (Wildman–Crippen LogP) is 3.36. The molecule has 2 aliphatic rings. The number of anilines is 1. The highest BCUT2D eigenvalue weighted by Gasteiger charge is 2.55. The molecule has 3 rings (SSSR count). The first kappa shape index (κ1) is 22.4. The Morgan fingerprint density at radius 1 is 1.33 bits per heavy atom. The van der Waals surface area contributed by atoms with Gasteiger partial charge in [-0.2, -0.15) is 0 Å². The zero-order chi connectivity index (χ0) is 22.1. The Hall–Kier alpha value is -2.32. The molecule has 1 aliphatic carbocycles. The molecular weight excluding hydrogens is 433 g/mol. The van der Waals surface area contributed by atoms with Crippen LogP contribution >= 0.6 is 23.2 Å². The molecule has 2 fully saturated rings. The van der Waals surface area contributed by atoms with Gasteiger partial charge in [0.1, 0.15) is 12.1 Å². The lowest BCUT2D eigenvalue weighted by Gasteiger charge is -2.36. The van der Waals surface area contributed by atoms with Gasteiger partial charge in [0.15, 0.2) is 6.10 Å². The van der Waals surface area contributed by atoms with Crippen molar-refractivity contribution in [1.29, 1.82) is 0 Å². The van der Waals surface area contributed by atoms with Gasteiger partial charge in [-0.25, -0.2) is 4.79 Å². The molecule has 162 valence electrons. The number of ether oxygens (including phenoxy) is 1. The van der Waals surface area contributed by atoms with Crippen LogP contribution in [0.1, 0.15) is 39.5 Å². The summed E-state index contributed by atoms with van der Waals surface area (Å²) in [4.78, 5) is 50.7. The van der Waals surface area contributed by atoms with E-state index < -0.39 is 42.0 Å². The Morgan fingerprint density at radius 3 is 2.73 bits per heavy atom. The Balaban J connectivity index is 1.58. The number of halogens is 2. The van der Waals surface area contributed by atoms with Crippen molar-refractivity contribution in [3.05, 3.63) is 28.2 Å². The van der Waals surface area contributed by atoms with E-state index in [4.69, 9.17) is 27.9 Å². The topological polar surface area (TPSA) is 105 Å². The van der Waals surface area contributed by atoms with E-state index in [2.05, 4.69) is 10.6 Å². The number of esters is 1. The van der Waals surface area contributed by atoms with Crippen molar-refractivity contribution in [3.63, 3.8) is 0 Å². The lowest BCUT2D eigenvalue weighted by molar-refractivity contribution is -0.155. The number of carbonyl (C=O) groups excluding carboxylic acids is 4. The van der Waals surface area contributed by atoms with Crippen LogP contribution in [0.15, 0.2) is 18.2 Å². The van der Waals surface area contributed by atoms with E-state index in [1.54, 1.807) is 6.07 Å². The van der Waals surface area contributed by atoms with Crippen molar-refractivity contribution in [2.45, 2.75) is 51.2 Å². The van der Waals surface area contributed by atoms with Crippen molar-refractivity contribution < 1.29 is 23.9 Å². The van der Waals surface area contributed by atoms with Crippen LogP contribution in [0.25, 0.3) is 0 Å². The van der Waals surface area contributed by atoms with Gasteiger partial charge in [0.2, 0.25) is 0 Å². The standard InChI is InChI=1S/C20H23Cl2N3O5/c1-11-5-3-4-8-20(11)18(28)25(19(29)24-20)10-16(26)30-12(2)17(27)23-15-7-6-13(21)9-14(15)22/h6-7,9,11-12H,3-5,8,10H2,1-2H3,(H,23,27)(H,24,29)/t11-,12+,20+/m1/s1. The quantitative estimate of drug-likeness (QED) is 0.522. The maximum atomic E-state index is 12.9. The summed E-state index contributed by atoms with van der Waals surface area (Å²) in [7, 11) is 0. The van der Waals surface area contributed by atoms with Crippen molar-refractivity contribution >= 4 is 52.7 Å². The second kappa shape index (κ2) is 8.81. The lowest BCUT2D eigenvalue weighted by atomic mass is 9.73. The predicted molar refractivity (Wildman–Crippen MR) is 111 cm³/mol. The summed E-state index contributed by atoms with van der Waals surface area (Å²) in [5.41, 5.74) is -0.638. The first-order valence-corrected chi connectivity index (χ1v) is 10.5. The summed E-state index contributed by atoms with van der Waals surface area (Å²) in [5.74, 6) is -1.90. The maximum absolute atomic E-state index is 12.9. The molecule has 30 heavy (non-hydrogen) atoms. The van der Waals surface area contributed by atoms with Crippen LogP contribution in [0.2, 0.25) is 10.0 Å². The molecule has 3 atom stereocenters. The Labute approximate surface area is 184 Å². The summed E-state index contributed by atoms with van der Waals surface area (Å²) in [6.07, 6.45) is 2.05. The second-order valence-corrected chi connectivity index (χ2v) is 8.53. The molecule has 1 saturated carbocycles. The molecule has 0 unspecified atom stereocenters. The van der Waals surface area contributed by atoms with Crippen LogP contribution in [-0.2, 0) is 19.1 Å². The maximum Gasteiger partial charge on any atom is 0.327 e. The van der Waals surface area contributed by atoms with Crippen LogP contribution in [0.3, 0.4) is 0 Å². The Morgan fingerprint density at radius 2 is 2.07 bits per heavy atom. The average molecular weight is 456 g/mol. The first-order chi connectivity index (χ1) is 14.1. The van der Waals surface area contributed by atoms with Crippen LogP contribution in [0.4, 0.5) is 10.5 Å². The van der Waals surface area contributed by atoms with Crippen LogP contribution in [0, 0.1) is 5.92 Å². The number of nitrogens with zero attached hydrogens (tertiary/aromatic N) is 1. The molecule has 0 aromatic heterocycles. The minimum atomic E-state index is -1.16. The Bertz CT molecular complexity index is 893. The molecule has 8 nitrogen and oxygen atoms in total. The summed E-state index contributed by atoms with van der Waals surface area (Å²) in [6.45, 7) is 2.75. The van der Waals surface area contributed by atoms with E-state index in [9.17, 15) is 19.2 Å². The lowest BCUT2D eigenvalue weighted by Crippen LogP contribution is -2.54.